The van der Waals surface area contributed by atoms with Crippen molar-refractivity contribution in [2.75, 3.05) is 5.75 Å². The Hall–Kier alpha value is -0.0600. The molecular formula is C12H17BrFNS. The Morgan fingerprint density at radius 3 is 2.75 bits per heavy atom. The van der Waals surface area contributed by atoms with Crippen LogP contribution in [-0.4, -0.2) is 17.0 Å². The zero-order valence-electron chi connectivity index (χ0n) is 9.54. The molecule has 0 bridgehead atoms. The van der Waals surface area contributed by atoms with Crippen molar-refractivity contribution in [1.29, 1.82) is 0 Å². The first kappa shape index (κ1) is 14.0. The third-order valence-corrected chi connectivity index (χ3v) is 3.91. The summed E-state index contributed by atoms with van der Waals surface area (Å²) in [5.41, 5.74) is 6.66. The molecule has 16 heavy (non-hydrogen) atoms. The maximum atomic E-state index is 13.4. The molecule has 0 aliphatic rings. The van der Waals surface area contributed by atoms with E-state index in [1.165, 1.54) is 6.07 Å². The van der Waals surface area contributed by atoms with Crippen LogP contribution in [0.5, 0.6) is 0 Å². The molecule has 0 saturated carbocycles. The summed E-state index contributed by atoms with van der Waals surface area (Å²) in [5, 5.41) is 0.568. The summed E-state index contributed by atoms with van der Waals surface area (Å²) in [6.07, 6.45) is 0.588. The van der Waals surface area contributed by atoms with E-state index in [1.807, 2.05) is 11.8 Å². The van der Waals surface area contributed by atoms with E-state index in [1.54, 1.807) is 12.1 Å². The van der Waals surface area contributed by atoms with Gasteiger partial charge in [-0.3, -0.25) is 0 Å². The average molecular weight is 306 g/mol. The van der Waals surface area contributed by atoms with Gasteiger partial charge in [0.25, 0.3) is 0 Å². The quantitative estimate of drug-likeness (QED) is 0.899. The summed E-state index contributed by atoms with van der Waals surface area (Å²) >= 11 is 5.15. The van der Waals surface area contributed by atoms with E-state index in [2.05, 4.69) is 29.8 Å². The molecular weight excluding hydrogens is 289 g/mol. The predicted octanol–water partition coefficient (Wildman–Crippen LogP) is 3.60. The van der Waals surface area contributed by atoms with E-state index >= 15 is 0 Å². The molecule has 1 atom stereocenters. The van der Waals surface area contributed by atoms with Gasteiger partial charge in [0.1, 0.15) is 5.82 Å². The molecule has 0 fully saturated rings. The Morgan fingerprint density at radius 1 is 1.44 bits per heavy atom. The molecule has 1 rings (SSSR count). The molecule has 2 N–H and O–H groups in total. The second-order valence-electron chi connectivity index (χ2n) is 4.08. The lowest BCUT2D eigenvalue weighted by atomic mass is 10.1. The van der Waals surface area contributed by atoms with Crippen molar-refractivity contribution < 1.29 is 4.39 Å². The molecule has 4 heteroatoms. The monoisotopic (exact) mass is 305 g/mol. The SMILES string of the molecule is CC(C)SCC(N)Cc1cc(Br)ccc1F. The van der Waals surface area contributed by atoms with Gasteiger partial charge in [0.15, 0.2) is 0 Å². The minimum atomic E-state index is -0.173. The highest BCUT2D eigenvalue weighted by molar-refractivity contribution is 9.10. The van der Waals surface area contributed by atoms with Gasteiger partial charge in [0.2, 0.25) is 0 Å². The number of halogens is 2. The van der Waals surface area contributed by atoms with Crippen molar-refractivity contribution in [3.8, 4) is 0 Å². The van der Waals surface area contributed by atoms with Crippen LogP contribution in [0.2, 0.25) is 0 Å². The highest BCUT2D eigenvalue weighted by Gasteiger charge is 2.09. The Kier molecular flexibility index (Phi) is 5.79. The molecule has 1 aromatic rings. The van der Waals surface area contributed by atoms with E-state index in [9.17, 15) is 4.39 Å². The number of thioether (sulfide) groups is 1. The van der Waals surface area contributed by atoms with E-state index in [-0.39, 0.29) is 11.9 Å². The number of hydrogen-bond donors (Lipinski definition) is 1. The smallest absolute Gasteiger partial charge is 0.126 e. The minimum absolute atomic E-state index is 0.0104. The molecule has 1 nitrogen and oxygen atoms in total. The Balaban J connectivity index is 2.55. The van der Waals surface area contributed by atoms with Crippen LogP contribution in [0.3, 0.4) is 0 Å². The molecule has 0 radical (unpaired) electrons. The zero-order valence-corrected chi connectivity index (χ0v) is 11.9. The van der Waals surface area contributed by atoms with Crippen molar-refractivity contribution in [2.45, 2.75) is 31.6 Å². The van der Waals surface area contributed by atoms with Crippen molar-refractivity contribution in [3.63, 3.8) is 0 Å². The summed E-state index contributed by atoms with van der Waals surface area (Å²) in [6.45, 7) is 4.27. The van der Waals surface area contributed by atoms with Crippen LogP contribution in [0.15, 0.2) is 22.7 Å². The van der Waals surface area contributed by atoms with Gasteiger partial charge in [-0.15, -0.1) is 0 Å². The largest absolute Gasteiger partial charge is 0.327 e. The van der Waals surface area contributed by atoms with Gasteiger partial charge >= 0.3 is 0 Å². The first-order chi connectivity index (χ1) is 7.49. The van der Waals surface area contributed by atoms with Crippen molar-refractivity contribution in [2.24, 2.45) is 5.73 Å². The molecule has 0 spiro atoms. The standard InChI is InChI=1S/C12H17BrFNS/c1-8(2)16-7-11(15)6-9-5-10(13)3-4-12(9)14/h3-5,8,11H,6-7,15H2,1-2H3. The van der Waals surface area contributed by atoms with Gasteiger partial charge in [-0.25, -0.2) is 4.39 Å². The lowest BCUT2D eigenvalue weighted by Gasteiger charge is -2.13. The molecule has 90 valence electrons. The Morgan fingerprint density at radius 2 is 2.12 bits per heavy atom. The second kappa shape index (κ2) is 6.62. The summed E-state index contributed by atoms with van der Waals surface area (Å²) in [5.74, 6) is 0.692. The molecule has 1 aromatic carbocycles. The Labute approximate surface area is 109 Å². The lowest BCUT2D eigenvalue weighted by Crippen LogP contribution is -2.26. The Bertz CT molecular complexity index is 344. The summed E-state index contributed by atoms with van der Waals surface area (Å²) < 4.78 is 14.3. The third-order valence-electron chi connectivity index (χ3n) is 2.13. The highest BCUT2D eigenvalue weighted by Crippen LogP contribution is 2.18. The fourth-order valence-electron chi connectivity index (χ4n) is 1.36. The minimum Gasteiger partial charge on any atom is -0.327 e. The van der Waals surface area contributed by atoms with E-state index in [4.69, 9.17) is 5.73 Å². The molecule has 0 saturated heterocycles. The van der Waals surface area contributed by atoms with Crippen LogP contribution >= 0.6 is 27.7 Å². The summed E-state index contributed by atoms with van der Waals surface area (Å²) in [7, 11) is 0. The number of nitrogens with two attached hydrogens (primary N) is 1. The van der Waals surface area contributed by atoms with Crippen molar-refractivity contribution in [1.82, 2.24) is 0 Å². The topological polar surface area (TPSA) is 26.0 Å². The maximum Gasteiger partial charge on any atom is 0.126 e. The normalized spacial score (nSPS) is 13.1. The third kappa shape index (κ3) is 4.85. The van der Waals surface area contributed by atoms with Crippen LogP contribution in [0.4, 0.5) is 4.39 Å². The fourth-order valence-corrected chi connectivity index (χ4v) is 2.52. The number of benzene rings is 1. The molecule has 0 heterocycles. The van der Waals surface area contributed by atoms with Gasteiger partial charge in [0.05, 0.1) is 0 Å². The molecule has 0 aliphatic heterocycles. The van der Waals surface area contributed by atoms with Crippen molar-refractivity contribution >= 4 is 27.7 Å². The van der Waals surface area contributed by atoms with Gasteiger partial charge in [-0.05, 0) is 35.4 Å². The highest BCUT2D eigenvalue weighted by atomic mass is 79.9. The average Bonchev–Trinajstić information content (AvgIpc) is 2.20. The zero-order chi connectivity index (χ0) is 12.1. The number of rotatable bonds is 5. The first-order valence-electron chi connectivity index (χ1n) is 5.30. The van der Waals surface area contributed by atoms with Crippen LogP contribution in [0.1, 0.15) is 19.4 Å². The predicted molar refractivity (Wildman–Crippen MR) is 73.4 cm³/mol. The van der Waals surface area contributed by atoms with Crippen LogP contribution in [0.25, 0.3) is 0 Å². The van der Waals surface area contributed by atoms with Gasteiger partial charge in [-0.2, -0.15) is 11.8 Å². The van der Waals surface area contributed by atoms with Crippen LogP contribution in [0, 0.1) is 5.82 Å². The van der Waals surface area contributed by atoms with Gasteiger partial charge in [0, 0.05) is 16.3 Å². The van der Waals surface area contributed by atoms with Crippen molar-refractivity contribution in [3.05, 3.63) is 34.1 Å². The summed E-state index contributed by atoms with van der Waals surface area (Å²) in [4.78, 5) is 0. The maximum absolute atomic E-state index is 13.4. The van der Waals surface area contributed by atoms with Gasteiger partial charge < -0.3 is 5.73 Å². The summed E-state index contributed by atoms with van der Waals surface area (Å²) in [6, 6.07) is 4.99. The van der Waals surface area contributed by atoms with Crippen LogP contribution < -0.4 is 5.73 Å². The lowest BCUT2D eigenvalue weighted by molar-refractivity contribution is 0.597. The van der Waals surface area contributed by atoms with Crippen LogP contribution in [-0.2, 0) is 6.42 Å². The van der Waals surface area contributed by atoms with E-state index in [0.717, 1.165) is 10.2 Å². The van der Waals surface area contributed by atoms with Gasteiger partial charge in [-0.1, -0.05) is 29.8 Å². The number of hydrogen-bond acceptors (Lipinski definition) is 2. The molecule has 0 aliphatic carbocycles. The molecule has 1 unspecified atom stereocenters. The fraction of sp³-hybridized carbons (Fsp3) is 0.500. The first-order valence-corrected chi connectivity index (χ1v) is 7.14. The molecule has 0 aromatic heterocycles. The second-order valence-corrected chi connectivity index (χ2v) is 6.61. The van der Waals surface area contributed by atoms with E-state index < -0.39 is 0 Å². The molecule has 0 amide bonds. The van der Waals surface area contributed by atoms with E-state index in [0.29, 0.717) is 17.2 Å².